The minimum absolute atomic E-state index is 0.0371. The van der Waals surface area contributed by atoms with Crippen LogP contribution in [0.4, 0.5) is 18.9 Å². The van der Waals surface area contributed by atoms with Crippen molar-refractivity contribution in [2.45, 2.75) is 52.3 Å². The third-order valence-electron chi connectivity index (χ3n) is 8.01. The zero-order chi connectivity index (χ0) is 30.0. The van der Waals surface area contributed by atoms with Crippen LogP contribution in [-0.2, 0) is 31.7 Å². The van der Waals surface area contributed by atoms with Gasteiger partial charge in [-0.05, 0) is 61.1 Å². The molecule has 1 fully saturated rings. The molecule has 2 aromatic rings. The molecule has 0 spiro atoms. The number of hydrogen-bond donors (Lipinski definition) is 3. The first-order valence-electron chi connectivity index (χ1n) is 12.4. The van der Waals surface area contributed by atoms with E-state index in [2.05, 4.69) is 10.6 Å². The molecule has 1 saturated carbocycles. The Morgan fingerprint density at radius 3 is 2.25 bits per heavy atom. The lowest BCUT2D eigenvalue weighted by Gasteiger charge is -2.38. The molecule has 0 bridgehead atoms. The van der Waals surface area contributed by atoms with E-state index in [4.69, 9.17) is 16.3 Å². The molecule has 0 saturated heterocycles. The topological polar surface area (TPSA) is 122 Å². The number of halogens is 4. The van der Waals surface area contributed by atoms with Gasteiger partial charge in [0.25, 0.3) is 5.91 Å². The summed E-state index contributed by atoms with van der Waals surface area (Å²) in [5, 5.41) is 14.8. The number of amides is 2. The van der Waals surface area contributed by atoms with Gasteiger partial charge >= 0.3 is 18.1 Å². The third kappa shape index (κ3) is 6.24. The van der Waals surface area contributed by atoms with E-state index in [0.29, 0.717) is 24.5 Å². The van der Waals surface area contributed by atoms with Crippen LogP contribution >= 0.6 is 11.6 Å². The lowest BCUT2D eigenvalue weighted by Crippen LogP contribution is -2.50. The van der Waals surface area contributed by atoms with Gasteiger partial charge in [0.15, 0.2) is 0 Å². The van der Waals surface area contributed by atoms with Gasteiger partial charge < -0.3 is 20.5 Å². The number of rotatable bonds is 8. The van der Waals surface area contributed by atoms with Crippen molar-refractivity contribution < 1.29 is 42.2 Å². The van der Waals surface area contributed by atoms with Crippen LogP contribution in [0.2, 0.25) is 5.02 Å². The largest absolute Gasteiger partial charge is 0.481 e. The van der Waals surface area contributed by atoms with E-state index in [1.54, 1.807) is 32.9 Å². The van der Waals surface area contributed by atoms with E-state index in [0.717, 1.165) is 12.1 Å². The van der Waals surface area contributed by atoms with Crippen molar-refractivity contribution in [1.82, 2.24) is 5.32 Å². The lowest BCUT2D eigenvalue weighted by atomic mass is 9.65. The highest BCUT2D eigenvalue weighted by Crippen LogP contribution is 2.56. The molecule has 8 nitrogen and oxygen atoms in total. The fourth-order valence-electron chi connectivity index (χ4n) is 4.98. The molecule has 216 valence electrons. The number of hydrogen-bond acceptors (Lipinski definition) is 5. The average molecular weight is 583 g/mol. The zero-order valence-corrected chi connectivity index (χ0v) is 23.1. The molecule has 2 amide bonds. The number of benzene rings is 2. The number of carbonyl (C=O) groups is 4. The predicted molar refractivity (Wildman–Crippen MR) is 141 cm³/mol. The number of carboxylic acids is 1. The molecule has 1 aliphatic carbocycles. The second-order valence-corrected chi connectivity index (χ2v) is 11.0. The Labute approximate surface area is 234 Å². The van der Waals surface area contributed by atoms with Crippen LogP contribution in [0.3, 0.4) is 0 Å². The van der Waals surface area contributed by atoms with Gasteiger partial charge in [-0.2, -0.15) is 13.2 Å². The van der Waals surface area contributed by atoms with Crippen molar-refractivity contribution in [3.8, 4) is 0 Å². The molecule has 0 aromatic heterocycles. The molecular formula is C28H30ClF3N2O6. The maximum Gasteiger partial charge on any atom is 0.416 e. The number of carboxylic acid groups (broad SMARTS) is 1. The highest BCUT2D eigenvalue weighted by Gasteiger charge is 2.58. The Morgan fingerprint density at radius 2 is 1.73 bits per heavy atom. The van der Waals surface area contributed by atoms with Gasteiger partial charge in [0.2, 0.25) is 5.91 Å². The third-order valence-corrected chi connectivity index (χ3v) is 8.34. The van der Waals surface area contributed by atoms with E-state index < -0.39 is 58.3 Å². The summed E-state index contributed by atoms with van der Waals surface area (Å²) in [6, 6.07) is 7.52. The molecule has 3 unspecified atom stereocenters. The maximum absolute atomic E-state index is 13.2. The van der Waals surface area contributed by atoms with Crippen LogP contribution in [0.25, 0.3) is 0 Å². The fourth-order valence-corrected chi connectivity index (χ4v) is 5.19. The number of esters is 1. The maximum atomic E-state index is 13.2. The summed E-state index contributed by atoms with van der Waals surface area (Å²) >= 11 is 5.93. The van der Waals surface area contributed by atoms with E-state index >= 15 is 0 Å². The van der Waals surface area contributed by atoms with Gasteiger partial charge in [-0.3, -0.25) is 14.4 Å². The Hall–Kier alpha value is -3.60. The van der Waals surface area contributed by atoms with Crippen LogP contribution in [0.1, 0.15) is 55.1 Å². The van der Waals surface area contributed by atoms with Crippen molar-refractivity contribution in [2.75, 3.05) is 12.4 Å². The van der Waals surface area contributed by atoms with Crippen LogP contribution in [0.5, 0.6) is 0 Å². The number of methoxy groups -OCH3 is 1. The standard InChI is InChI=1S/C28H30ClF3N2O6/c1-26(2)19(11-12-27(26,3)25(38)39)23(36)34-21(24(37)40-4)13-15-5-8-17(9-6-15)33-22(35)18-14-16(28(30,31)32)7-10-20(18)29/h5-10,14,19,21H,11-13H2,1-4H3,(H,33,35)(H,34,36)(H,38,39). The fraction of sp³-hybridized carbons (Fsp3) is 0.429. The summed E-state index contributed by atoms with van der Waals surface area (Å²) in [6.07, 6.45) is -3.94. The van der Waals surface area contributed by atoms with Crippen LogP contribution in [0, 0.1) is 16.7 Å². The average Bonchev–Trinajstić information content (AvgIpc) is 3.13. The first-order chi connectivity index (χ1) is 18.5. The van der Waals surface area contributed by atoms with Crippen molar-refractivity contribution in [3.63, 3.8) is 0 Å². The van der Waals surface area contributed by atoms with Gasteiger partial charge in [0.1, 0.15) is 6.04 Å². The quantitative estimate of drug-likeness (QED) is 0.361. The molecule has 0 heterocycles. The molecule has 3 N–H and O–H groups in total. The normalized spacial score (nSPS) is 20.9. The molecule has 12 heteroatoms. The van der Waals surface area contributed by atoms with E-state index in [1.165, 1.54) is 19.2 Å². The first kappa shape index (κ1) is 30.9. The summed E-state index contributed by atoms with van der Waals surface area (Å²) in [5.41, 5.74) is -2.47. The number of aliphatic carboxylic acids is 1. The molecule has 3 rings (SSSR count). The Bertz CT molecular complexity index is 1310. The summed E-state index contributed by atoms with van der Waals surface area (Å²) in [4.78, 5) is 50.1. The van der Waals surface area contributed by atoms with Gasteiger partial charge in [-0.1, -0.05) is 37.6 Å². The van der Waals surface area contributed by atoms with Crippen molar-refractivity contribution in [2.24, 2.45) is 16.7 Å². The summed E-state index contributed by atoms with van der Waals surface area (Å²) in [5.74, 6) is -3.61. The minimum atomic E-state index is -4.64. The molecule has 1 aliphatic rings. The first-order valence-corrected chi connectivity index (χ1v) is 12.8. The van der Waals surface area contributed by atoms with Crippen molar-refractivity contribution in [1.29, 1.82) is 0 Å². The molecular weight excluding hydrogens is 553 g/mol. The van der Waals surface area contributed by atoms with E-state index in [1.807, 2.05) is 0 Å². The van der Waals surface area contributed by atoms with Gasteiger partial charge in [-0.25, -0.2) is 4.79 Å². The van der Waals surface area contributed by atoms with Crippen molar-refractivity contribution in [3.05, 3.63) is 64.2 Å². The monoisotopic (exact) mass is 582 g/mol. The van der Waals surface area contributed by atoms with Crippen LogP contribution in [-0.4, -0.2) is 42.0 Å². The number of anilines is 1. The lowest BCUT2D eigenvalue weighted by molar-refractivity contribution is -0.156. The number of carbonyl (C=O) groups excluding carboxylic acids is 3. The highest BCUT2D eigenvalue weighted by molar-refractivity contribution is 6.34. The zero-order valence-electron chi connectivity index (χ0n) is 22.3. The Balaban J connectivity index is 1.71. The van der Waals surface area contributed by atoms with Gasteiger partial charge in [-0.15, -0.1) is 0 Å². The Kier molecular flexibility index (Phi) is 8.88. The SMILES string of the molecule is COC(=O)C(Cc1ccc(NC(=O)c2cc(C(F)(F)F)ccc2Cl)cc1)NC(=O)C1CCC(C)(C(=O)O)C1(C)C. The van der Waals surface area contributed by atoms with Crippen LogP contribution in [0.15, 0.2) is 42.5 Å². The Morgan fingerprint density at radius 1 is 1.10 bits per heavy atom. The molecule has 2 aromatic carbocycles. The molecule has 0 aliphatic heterocycles. The predicted octanol–water partition coefficient (Wildman–Crippen LogP) is 5.34. The second kappa shape index (κ2) is 11.5. The molecule has 40 heavy (non-hydrogen) atoms. The van der Waals surface area contributed by atoms with E-state index in [9.17, 15) is 37.5 Å². The van der Waals surface area contributed by atoms with Crippen LogP contribution < -0.4 is 10.6 Å². The minimum Gasteiger partial charge on any atom is -0.481 e. The van der Waals surface area contributed by atoms with Crippen molar-refractivity contribution >= 4 is 41.0 Å². The van der Waals surface area contributed by atoms with E-state index in [-0.39, 0.29) is 22.7 Å². The summed E-state index contributed by atoms with van der Waals surface area (Å²) in [6.45, 7) is 5.07. The smallest absolute Gasteiger partial charge is 0.416 e. The number of nitrogens with one attached hydrogen (secondary N) is 2. The summed E-state index contributed by atoms with van der Waals surface area (Å²) in [7, 11) is 1.18. The molecule has 0 radical (unpaired) electrons. The number of alkyl halides is 3. The number of ether oxygens (including phenoxy) is 1. The summed E-state index contributed by atoms with van der Waals surface area (Å²) < 4.78 is 44.0. The second-order valence-electron chi connectivity index (χ2n) is 10.6. The van der Waals surface area contributed by atoms with Gasteiger partial charge in [0.05, 0.1) is 28.7 Å². The molecule has 3 atom stereocenters. The highest BCUT2D eigenvalue weighted by atomic mass is 35.5. The van der Waals surface area contributed by atoms with Gasteiger partial charge in [0, 0.05) is 18.0 Å².